The first-order valence-electron chi connectivity index (χ1n) is 8.41. The van der Waals surface area contributed by atoms with Crippen LogP contribution in [-0.2, 0) is 10.2 Å². The van der Waals surface area contributed by atoms with Crippen LogP contribution in [0.1, 0.15) is 45.7 Å². The molecule has 1 N–H and O–H groups in total. The Hall–Kier alpha value is -2.55. The van der Waals surface area contributed by atoms with E-state index in [2.05, 4.69) is 39.0 Å². The van der Waals surface area contributed by atoms with Crippen LogP contribution in [-0.4, -0.2) is 17.7 Å². The van der Waals surface area contributed by atoms with Gasteiger partial charge in [-0.3, -0.25) is 0 Å². The first-order chi connectivity index (χ1) is 11.7. The number of allylic oxidation sites excluding steroid dienone is 4. The standard InChI is InChI=1S/C22H26O3/c1-15(11-21(23)24)7-6-8-16(2)18-12-17-13-19(22(3,4)5)9-10-20(17)25-14-18/h6-13H,14H2,1-5H3,(H,23,24)/b7-6+,15-11+,16-8+. The molecule has 1 aliphatic rings. The highest BCUT2D eigenvalue weighted by atomic mass is 16.5. The van der Waals surface area contributed by atoms with E-state index >= 15 is 0 Å². The molecule has 1 aliphatic heterocycles. The molecular formula is C22H26O3. The predicted octanol–water partition coefficient (Wildman–Crippen LogP) is 5.29. The van der Waals surface area contributed by atoms with Crippen LogP contribution in [0, 0.1) is 0 Å². The zero-order chi connectivity index (χ0) is 18.6. The van der Waals surface area contributed by atoms with Crippen molar-refractivity contribution >= 4 is 12.0 Å². The number of fused-ring (bicyclic) bond motifs is 1. The predicted molar refractivity (Wildman–Crippen MR) is 103 cm³/mol. The summed E-state index contributed by atoms with van der Waals surface area (Å²) in [5.41, 5.74) is 5.41. The normalized spacial score (nSPS) is 15.6. The highest BCUT2D eigenvalue weighted by Gasteiger charge is 2.18. The van der Waals surface area contributed by atoms with E-state index in [4.69, 9.17) is 9.84 Å². The van der Waals surface area contributed by atoms with Crippen LogP contribution in [0.2, 0.25) is 0 Å². The zero-order valence-electron chi connectivity index (χ0n) is 15.6. The highest BCUT2D eigenvalue weighted by Crippen LogP contribution is 2.33. The van der Waals surface area contributed by atoms with Crippen molar-refractivity contribution in [3.8, 4) is 5.75 Å². The number of hydrogen-bond acceptors (Lipinski definition) is 2. The van der Waals surface area contributed by atoms with Gasteiger partial charge in [-0.05, 0) is 59.8 Å². The van der Waals surface area contributed by atoms with Crippen molar-refractivity contribution in [2.75, 3.05) is 6.61 Å². The maximum absolute atomic E-state index is 10.6. The Balaban J connectivity index is 2.24. The highest BCUT2D eigenvalue weighted by molar-refractivity contribution is 5.81. The summed E-state index contributed by atoms with van der Waals surface area (Å²) in [5, 5.41) is 8.72. The Bertz CT molecular complexity index is 784. The summed E-state index contributed by atoms with van der Waals surface area (Å²) < 4.78 is 5.88. The lowest BCUT2D eigenvalue weighted by Crippen LogP contribution is -2.13. The van der Waals surface area contributed by atoms with Crippen LogP contribution in [0.25, 0.3) is 6.08 Å². The number of benzene rings is 1. The third kappa shape index (κ3) is 5.21. The number of carboxylic acids is 1. The van der Waals surface area contributed by atoms with Gasteiger partial charge >= 0.3 is 5.97 Å². The van der Waals surface area contributed by atoms with Gasteiger partial charge in [0.2, 0.25) is 0 Å². The molecule has 0 atom stereocenters. The molecule has 132 valence electrons. The monoisotopic (exact) mass is 338 g/mol. The van der Waals surface area contributed by atoms with Gasteiger partial charge in [0.15, 0.2) is 0 Å². The molecule has 3 heteroatoms. The summed E-state index contributed by atoms with van der Waals surface area (Å²) in [4.78, 5) is 10.6. The Morgan fingerprint density at radius 2 is 1.96 bits per heavy atom. The van der Waals surface area contributed by atoms with Crippen LogP contribution in [0.5, 0.6) is 5.75 Å². The molecule has 0 bridgehead atoms. The van der Waals surface area contributed by atoms with Crippen molar-refractivity contribution in [2.24, 2.45) is 0 Å². The molecular weight excluding hydrogens is 312 g/mol. The quantitative estimate of drug-likeness (QED) is 0.599. The number of aliphatic carboxylic acids is 1. The van der Waals surface area contributed by atoms with Gasteiger partial charge in [0, 0.05) is 11.6 Å². The Labute approximate surface area is 150 Å². The van der Waals surface area contributed by atoms with Gasteiger partial charge in [-0.2, -0.15) is 0 Å². The van der Waals surface area contributed by atoms with E-state index in [1.165, 1.54) is 11.6 Å². The number of ether oxygens (including phenoxy) is 1. The molecule has 0 saturated heterocycles. The lowest BCUT2D eigenvalue weighted by atomic mass is 9.85. The molecule has 0 aliphatic carbocycles. The second-order valence-electron chi connectivity index (χ2n) is 7.40. The third-order valence-corrected chi connectivity index (χ3v) is 4.15. The average Bonchev–Trinajstić information content (AvgIpc) is 2.52. The van der Waals surface area contributed by atoms with Crippen LogP contribution in [0.4, 0.5) is 0 Å². The molecule has 1 aromatic rings. The second kappa shape index (κ2) is 7.56. The minimum atomic E-state index is -0.933. The molecule has 0 amide bonds. The SMILES string of the molecule is CC(/C=C/C=C(\C)C1=Cc2cc(C(C)(C)C)ccc2OC1)=C\C(=O)O. The topological polar surface area (TPSA) is 46.5 Å². The second-order valence-corrected chi connectivity index (χ2v) is 7.40. The first-order valence-corrected chi connectivity index (χ1v) is 8.41. The van der Waals surface area contributed by atoms with Crippen molar-refractivity contribution in [3.63, 3.8) is 0 Å². The maximum atomic E-state index is 10.6. The summed E-state index contributed by atoms with van der Waals surface area (Å²) in [6.45, 7) is 10.9. The fourth-order valence-electron chi connectivity index (χ4n) is 2.57. The van der Waals surface area contributed by atoms with Gasteiger partial charge in [0.05, 0.1) is 0 Å². The van der Waals surface area contributed by atoms with Gasteiger partial charge in [-0.15, -0.1) is 0 Å². The van der Waals surface area contributed by atoms with Crippen molar-refractivity contribution in [2.45, 2.75) is 40.0 Å². The van der Waals surface area contributed by atoms with E-state index in [0.717, 1.165) is 22.5 Å². The molecule has 0 aromatic heterocycles. The molecule has 0 radical (unpaired) electrons. The van der Waals surface area contributed by atoms with Gasteiger partial charge in [-0.1, -0.05) is 45.1 Å². The largest absolute Gasteiger partial charge is 0.488 e. The Morgan fingerprint density at radius 3 is 2.60 bits per heavy atom. The molecule has 1 aromatic carbocycles. The van der Waals surface area contributed by atoms with Crippen molar-refractivity contribution in [1.29, 1.82) is 0 Å². The van der Waals surface area contributed by atoms with Crippen LogP contribution in [0.15, 0.2) is 59.2 Å². The summed E-state index contributed by atoms with van der Waals surface area (Å²) in [6.07, 6.45) is 8.99. The maximum Gasteiger partial charge on any atom is 0.328 e. The number of rotatable bonds is 4. The van der Waals surface area contributed by atoms with Crippen LogP contribution in [0.3, 0.4) is 0 Å². The van der Waals surface area contributed by atoms with Gasteiger partial charge in [-0.25, -0.2) is 4.79 Å². The van der Waals surface area contributed by atoms with Crippen LogP contribution >= 0.6 is 0 Å². The summed E-state index contributed by atoms with van der Waals surface area (Å²) in [7, 11) is 0. The molecule has 3 nitrogen and oxygen atoms in total. The average molecular weight is 338 g/mol. The number of carbonyl (C=O) groups is 1. The zero-order valence-corrected chi connectivity index (χ0v) is 15.6. The molecule has 25 heavy (non-hydrogen) atoms. The molecule has 1 heterocycles. The molecule has 0 unspecified atom stereocenters. The molecule has 0 spiro atoms. The molecule has 2 rings (SSSR count). The van der Waals surface area contributed by atoms with Gasteiger partial charge in [0.1, 0.15) is 12.4 Å². The third-order valence-electron chi connectivity index (χ3n) is 4.15. The fourth-order valence-corrected chi connectivity index (χ4v) is 2.57. The lowest BCUT2D eigenvalue weighted by molar-refractivity contribution is -0.131. The van der Waals surface area contributed by atoms with Crippen molar-refractivity contribution in [3.05, 3.63) is 70.3 Å². The van der Waals surface area contributed by atoms with E-state index in [1.807, 2.05) is 25.1 Å². The molecule has 0 fully saturated rings. The van der Waals surface area contributed by atoms with Crippen LogP contribution < -0.4 is 4.74 Å². The van der Waals surface area contributed by atoms with Gasteiger partial charge in [0.25, 0.3) is 0 Å². The first kappa shape index (κ1) is 18.8. The van der Waals surface area contributed by atoms with E-state index in [9.17, 15) is 4.79 Å². The van der Waals surface area contributed by atoms with E-state index < -0.39 is 5.97 Å². The number of hydrogen-bond donors (Lipinski definition) is 1. The van der Waals surface area contributed by atoms with Crippen molar-refractivity contribution < 1.29 is 14.6 Å². The van der Waals surface area contributed by atoms with E-state index in [-0.39, 0.29) is 5.41 Å². The van der Waals surface area contributed by atoms with Crippen molar-refractivity contribution in [1.82, 2.24) is 0 Å². The summed E-state index contributed by atoms with van der Waals surface area (Å²) >= 11 is 0. The Kier molecular flexibility index (Phi) is 5.68. The number of carboxylic acid groups (broad SMARTS) is 1. The minimum Gasteiger partial charge on any atom is -0.488 e. The fraction of sp³-hybridized carbons (Fsp3) is 0.318. The van der Waals surface area contributed by atoms with E-state index in [1.54, 1.807) is 13.0 Å². The minimum absolute atomic E-state index is 0.0993. The smallest absolute Gasteiger partial charge is 0.328 e. The summed E-state index contributed by atoms with van der Waals surface area (Å²) in [6, 6.07) is 6.36. The Morgan fingerprint density at radius 1 is 1.24 bits per heavy atom. The summed E-state index contributed by atoms with van der Waals surface area (Å²) in [5.74, 6) is -0.0159. The van der Waals surface area contributed by atoms with Gasteiger partial charge < -0.3 is 9.84 Å². The lowest BCUT2D eigenvalue weighted by Gasteiger charge is -2.23. The van der Waals surface area contributed by atoms with E-state index in [0.29, 0.717) is 12.2 Å². The molecule has 0 saturated carbocycles.